The van der Waals surface area contributed by atoms with E-state index in [-0.39, 0.29) is 20.6 Å². The second-order valence-electron chi connectivity index (χ2n) is 6.17. The summed E-state index contributed by atoms with van der Waals surface area (Å²) in [6, 6.07) is 19.6. The van der Waals surface area contributed by atoms with Gasteiger partial charge in [-0.05, 0) is 48.7 Å². The number of hydrogen-bond acceptors (Lipinski definition) is 4. The van der Waals surface area contributed by atoms with Gasteiger partial charge in [0.15, 0.2) is 0 Å². The number of thioether (sulfide) groups is 1. The van der Waals surface area contributed by atoms with Gasteiger partial charge in [-0.1, -0.05) is 53.5 Å². The number of rotatable bonds is 7. The van der Waals surface area contributed by atoms with Crippen LogP contribution < -0.4 is 9.62 Å². The molecule has 0 aliphatic heterocycles. The van der Waals surface area contributed by atoms with Gasteiger partial charge in [0.2, 0.25) is 5.91 Å². The summed E-state index contributed by atoms with van der Waals surface area (Å²) in [6.45, 7) is -0.433. The van der Waals surface area contributed by atoms with Crippen molar-refractivity contribution in [3.63, 3.8) is 0 Å². The van der Waals surface area contributed by atoms with Gasteiger partial charge < -0.3 is 5.32 Å². The summed E-state index contributed by atoms with van der Waals surface area (Å²) < 4.78 is 27.6. The Morgan fingerprint density at radius 3 is 2.30 bits per heavy atom. The number of sulfonamides is 1. The molecule has 5 nitrogen and oxygen atoms in total. The summed E-state index contributed by atoms with van der Waals surface area (Å²) in [7, 11) is -4.02. The lowest BCUT2D eigenvalue weighted by molar-refractivity contribution is -0.114. The summed E-state index contributed by atoms with van der Waals surface area (Å²) in [5, 5.41) is 3.26. The van der Waals surface area contributed by atoms with Crippen LogP contribution in [0.3, 0.4) is 0 Å². The normalized spacial score (nSPS) is 11.2. The van der Waals surface area contributed by atoms with Crippen LogP contribution >= 0.6 is 35.0 Å². The Balaban J connectivity index is 1.97. The molecule has 3 rings (SSSR count). The average molecular weight is 481 g/mol. The van der Waals surface area contributed by atoms with Crippen LogP contribution in [0, 0.1) is 0 Å². The molecule has 1 N–H and O–H groups in total. The molecule has 0 atom stereocenters. The molecule has 9 heteroatoms. The van der Waals surface area contributed by atoms with E-state index in [4.69, 9.17) is 23.2 Å². The summed E-state index contributed by atoms with van der Waals surface area (Å²) in [6.07, 6.45) is 1.90. The van der Waals surface area contributed by atoms with E-state index >= 15 is 0 Å². The number of carbonyl (C=O) groups is 1. The smallest absolute Gasteiger partial charge is 0.264 e. The maximum absolute atomic E-state index is 13.3. The summed E-state index contributed by atoms with van der Waals surface area (Å²) >= 11 is 13.6. The SMILES string of the molecule is CSc1ccccc1NC(=O)CN(c1ccc(Cl)c(Cl)c1)S(=O)(=O)c1ccccc1. The van der Waals surface area contributed by atoms with Crippen molar-refractivity contribution in [1.29, 1.82) is 0 Å². The van der Waals surface area contributed by atoms with Crippen LogP contribution in [0.25, 0.3) is 0 Å². The molecule has 1 amide bonds. The van der Waals surface area contributed by atoms with E-state index in [0.29, 0.717) is 5.69 Å². The summed E-state index contributed by atoms with van der Waals surface area (Å²) in [5.74, 6) is -0.484. The monoisotopic (exact) mass is 480 g/mol. The molecule has 0 unspecified atom stereocenters. The third-order valence-corrected chi connectivity index (χ3v) is 7.51. The van der Waals surface area contributed by atoms with Gasteiger partial charge in [-0.15, -0.1) is 11.8 Å². The first-order valence-corrected chi connectivity index (χ1v) is 12.2. The molecule has 0 heterocycles. The fraction of sp³-hybridized carbons (Fsp3) is 0.0952. The predicted molar refractivity (Wildman–Crippen MR) is 124 cm³/mol. The fourth-order valence-corrected chi connectivity index (χ4v) is 5.02. The minimum absolute atomic E-state index is 0.0633. The lowest BCUT2D eigenvalue weighted by Crippen LogP contribution is -2.38. The predicted octanol–water partition coefficient (Wildman–Crippen LogP) is 5.55. The van der Waals surface area contributed by atoms with Gasteiger partial charge in [0.1, 0.15) is 6.54 Å². The Morgan fingerprint density at radius 2 is 1.63 bits per heavy atom. The van der Waals surface area contributed by atoms with Crippen LogP contribution in [0.15, 0.2) is 82.6 Å². The Hall–Kier alpha value is -2.19. The van der Waals surface area contributed by atoms with E-state index in [1.807, 2.05) is 18.4 Å². The molecule has 0 aromatic heterocycles. The third-order valence-electron chi connectivity index (χ3n) is 4.19. The molecule has 0 fully saturated rings. The number of anilines is 2. The van der Waals surface area contributed by atoms with E-state index in [2.05, 4.69) is 5.32 Å². The number of para-hydroxylation sites is 1. The zero-order valence-electron chi connectivity index (χ0n) is 15.9. The van der Waals surface area contributed by atoms with Crippen molar-refractivity contribution in [2.45, 2.75) is 9.79 Å². The Morgan fingerprint density at radius 1 is 0.967 bits per heavy atom. The van der Waals surface area contributed by atoms with Crippen LogP contribution in [0.1, 0.15) is 0 Å². The molecular weight excluding hydrogens is 463 g/mol. The minimum atomic E-state index is -4.02. The number of nitrogens with one attached hydrogen (secondary N) is 1. The second-order valence-corrected chi connectivity index (χ2v) is 9.70. The van der Waals surface area contributed by atoms with Gasteiger partial charge in [-0.25, -0.2) is 8.42 Å². The van der Waals surface area contributed by atoms with Gasteiger partial charge in [0.25, 0.3) is 10.0 Å². The number of halogens is 2. The highest BCUT2D eigenvalue weighted by atomic mass is 35.5. The van der Waals surface area contributed by atoms with Gasteiger partial charge in [-0.2, -0.15) is 0 Å². The van der Waals surface area contributed by atoms with Crippen molar-refractivity contribution < 1.29 is 13.2 Å². The third kappa shape index (κ3) is 5.10. The van der Waals surface area contributed by atoms with E-state index in [1.165, 1.54) is 42.1 Å². The molecule has 0 radical (unpaired) electrons. The minimum Gasteiger partial charge on any atom is -0.323 e. The largest absolute Gasteiger partial charge is 0.323 e. The molecule has 0 saturated carbocycles. The average Bonchev–Trinajstić information content (AvgIpc) is 2.75. The topological polar surface area (TPSA) is 66.5 Å². The van der Waals surface area contributed by atoms with Crippen molar-refractivity contribution in [3.8, 4) is 0 Å². The lowest BCUT2D eigenvalue weighted by atomic mass is 10.3. The van der Waals surface area contributed by atoms with Gasteiger partial charge in [0, 0.05) is 4.90 Å². The van der Waals surface area contributed by atoms with Gasteiger partial charge >= 0.3 is 0 Å². The number of carbonyl (C=O) groups excluding carboxylic acids is 1. The first-order valence-electron chi connectivity index (χ1n) is 8.78. The van der Waals surface area contributed by atoms with Gasteiger partial charge in [-0.3, -0.25) is 9.10 Å². The van der Waals surface area contributed by atoms with Crippen molar-refractivity contribution >= 4 is 62.3 Å². The van der Waals surface area contributed by atoms with Crippen molar-refractivity contribution in [3.05, 3.63) is 82.8 Å². The summed E-state index contributed by atoms with van der Waals surface area (Å²) in [5.41, 5.74) is 0.850. The van der Waals surface area contributed by atoms with Crippen molar-refractivity contribution in [2.75, 3.05) is 22.4 Å². The lowest BCUT2D eigenvalue weighted by Gasteiger charge is -2.24. The highest BCUT2D eigenvalue weighted by molar-refractivity contribution is 7.98. The molecule has 156 valence electrons. The molecule has 0 aliphatic carbocycles. The number of benzene rings is 3. The summed E-state index contributed by atoms with van der Waals surface area (Å²) in [4.78, 5) is 13.7. The number of amides is 1. The van der Waals surface area contributed by atoms with Crippen LogP contribution in [0.4, 0.5) is 11.4 Å². The first-order chi connectivity index (χ1) is 14.3. The van der Waals surface area contributed by atoms with Gasteiger partial charge in [0.05, 0.1) is 26.3 Å². The van der Waals surface area contributed by atoms with E-state index in [9.17, 15) is 13.2 Å². The van der Waals surface area contributed by atoms with Crippen molar-refractivity contribution in [1.82, 2.24) is 0 Å². The van der Waals surface area contributed by atoms with Crippen LogP contribution in [0.5, 0.6) is 0 Å². The molecule has 0 spiro atoms. The number of nitrogens with zero attached hydrogens (tertiary/aromatic N) is 1. The Bertz CT molecular complexity index is 1160. The maximum atomic E-state index is 13.3. The molecular formula is C21H18Cl2N2O3S2. The molecule has 3 aromatic rings. The van der Waals surface area contributed by atoms with E-state index in [1.54, 1.807) is 30.3 Å². The fourth-order valence-electron chi connectivity index (χ4n) is 2.74. The first kappa shape index (κ1) is 22.5. The van der Waals surface area contributed by atoms with Crippen LogP contribution in [-0.4, -0.2) is 27.1 Å². The zero-order valence-corrected chi connectivity index (χ0v) is 19.0. The molecule has 0 aliphatic rings. The quantitative estimate of drug-likeness (QED) is 0.450. The standard InChI is InChI=1S/C21H18Cl2N2O3S2/c1-29-20-10-6-5-9-19(20)24-21(26)14-25(15-11-12-17(22)18(23)13-15)30(27,28)16-7-3-2-4-8-16/h2-13H,14H2,1H3,(H,24,26). The van der Waals surface area contributed by atoms with Crippen LogP contribution in [0.2, 0.25) is 10.0 Å². The molecule has 0 saturated heterocycles. The highest BCUT2D eigenvalue weighted by Gasteiger charge is 2.27. The van der Waals surface area contributed by atoms with E-state index in [0.717, 1.165) is 9.20 Å². The maximum Gasteiger partial charge on any atom is 0.264 e. The Kier molecular flexibility index (Phi) is 7.31. The molecule has 0 bridgehead atoms. The molecule has 30 heavy (non-hydrogen) atoms. The second kappa shape index (κ2) is 9.75. The Labute approximate surface area is 190 Å². The van der Waals surface area contributed by atoms with E-state index < -0.39 is 22.5 Å². The molecule has 3 aromatic carbocycles. The zero-order chi connectivity index (χ0) is 21.7. The number of hydrogen-bond donors (Lipinski definition) is 1. The van der Waals surface area contributed by atoms with Crippen molar-refractivity contribution in [2.24, 2.45) is 0 Å². The highest BCUT2D eigenvalue weighted by Crippen LogP contribution is 2.31. The van der Waals surface area contributed by atoms with Crippen LogP contribution in [-0.2, 0) is 14.8 Å².